The molecular formula is C25H18ClN3O3. The van der Waals surface area contributed by atoms with Crippen LogP contribution in [0.3, 0.4) is 0 Å². The largest absolute Gasteiger partial charge is 0.507 e. The summed E-state index contributed by atoms with van der Waals surface area (Å²) in [5.41, 5.74) is 3.55. The maximum absolute atomic E-state index is 13.2. The second-order valence-corrected chi connectivity index (χ2v) is 8.10. The number of benzene rings is 3. The number of Topliss-reactive ketones (excluding diaryl/α,β-unsaturated/α-hetero) is 1. The van der Waals surface area contributed by atoms with Crippen molar-refractivity contribution >= 4 is 46.0 Å². The molecule has 0 bridgehead atoms. The number of amides is 1. The predicted molar refractivity (Wildman–Crippen MR) is 124 cm³/mol. The first kappa shape index (κ1) is 20.0. The van der Waals surface area contributed by atoms with Crippen molar-refractivity contribution in [3.05, 3.63) is 100 Å². The zero-order valence-corrected chi connectivity index (χ0v) is 17.8. The molecule has 2 heterocycles. The molecule has 1 aliphatic heterocycles. The van der Waals surface area contributed by atoms with E-state index in [-0.39, 0.29) is 17.3 Å². The summed E-state index contributed by atoms with van der Waals surface area (Å²) in [6, 6.07) is 20.4. The molecule has 1 atom stereocenters. The van der Waals surface area contributed by atoms with Crippen LogP contribution in [0.5, 0.6) is 0 Å². The van der Waals surface area contributed by atoms with Crippen molar-refractivity contribution in [3.8, 4) is 0 Å². The number of halogens is 1. The summed E-state index contributed by atoms with van der Waals surface area (Å²) in [5, 5.41) is 11.6. The number of aliphatic hydroxyl groups is 1. The minimum absolute atomic E-state index is 0.000147. The quantitative estimate of drug-likeness (QED) is 0.260. The summed E-state index contributed by atoms with van der Waals surface area (Å²) in [5.74, 6) is -1.55. The lowest BCUT2D eigenvalue weighted by Crippen LogP contribution is -2.30. The van der Waals surface area contributed by atoms with Crippen LogP contribution in [0.4, 0.5) is 5.95 Å². The highest BCUT2D eigenvalue weighted by atomic mass is 35.5. The van der Waals surface area contributed by atoms with Gasteiger partial charge in [0.1, 0.15) is 5.76 Å². The Bertz CT molecular complexity index is 1390. The van der Waals surface area contributed by atoms with Gasteiger partial charge in [-0.3, -0.25) is 14.5 Å². The molecule has 2 N–H and O–H groups in total. The number of imidazole rings is 1. The zero-order valence-electron chi connectivity index (χ0n) is 17.0. The molecule has 0 radical (unpaired) electrons. The fourth-order valence-corrected chi connectivity index (χ4v) is 4.12. The maximum atomic E-state index is 13.2. The Morgan fingerprint density at radius 3 is 2.47 bits per heavy atom. The van der Waals surface area contributed by atoms with Gasteiger partial charge in [0.25, 0.3) is 5.78 Å². The average molecular weight is 444 g/mol. The standard InChI is InChI=1S/C25H18ClN3O3/c1-14-7-12-18-19(13-14)28-25(27-18)29-21(15-5-3-2-4-6-15)20(23(31)24(29)32)22(30)16-8-10-17(26)11-9-16/h2-13,21,30H,1H3,(H,27,28)/b22-20+. The van der Waals surface area contributed by atoms with Crippen LogP contribution in [0.2, 0.25) is 5.02 Å². The van der Waals surface area contributed by atoms with Crippen LogP contribution in [0.25, 0.3) is 16.8 Å². The van der Waals surface area contributed by atoms with Crippen LogP contribution in [0.1, 0.15) is 22.7 Å². The van der Waals surface area contributed by atoms with E-state index in [4.69, 9.17) is 11.6 Å². The molecule has 1 aromatic heterocycles. The first-order valence-electron chi connectivity index (χ1n) is 10.0. The van der Waals surface area contributed by atoms with E-state index in [0.29, 0.717) is 21.7 Å². The van der Waals surface area contributed by atoms with Crippen LogP contribution in [-0.2, 0) is 9.59 Å². The molecular weight excluding hydrogens is 426 g/mol. The van der Waals surface area contributed by atoms with E-state index in [9.17, 15) is 14.7 Å². The Morgan fingerprint density at radius 2 is 1.75 bits per heavy atom. The lowest BCUT2D eigenvalue weighted by atomic mass is 9.95. The Balaban J connectivity index is 1.72. The molecule has 6 nitrogen and oxygen atoms in total. The normalized spacial score (nSPS) is 17.9. The van der Waals surface area contributed by atoms with Gasteiger partial charge in [0.05, 0.1) is 22.6 Å². The Morgan fingerprint density at radius 1 is 1.03 bits per heavy atom. The monoisotopic (exact) mass is 443 g/mol. The first-order valence-corrected chi connectivity index (χ1v) is 10.4. The molecule has 0 aliphatic carbocycles. The number of aromatic nitrogens is 2. The number of hydrogen-bond donors (Lipinski definition) is 2. The number of carbonyl (C=O) groups is 2. The third kappa shape index (κ3) is 3.25. The highest BCUT2D eigenvalue weighted by Gasteiger charge is 2.48. The number of aliphatic hydroxyl groups excluding tert-OH is 1. The third-order valence-corrected chi connectivity index (χ3v) is 5.78. The molecule has 4 aromatic rings. The van der Waals surface area contributed by atoms with E-state index < -0.39 is 17.7 Å². The van der Waals surface area contributed by atoms with Crippen LogP contribution >= 0.6 is 11.6 Å². The molecule has 1 fully saturated rings. The SMILES string of the molecule is Cc1ccc2nc(N3C(=O)C(=O)/C(=C(/O)c4ccc(Cl)cc4)C3c3ccccc3)[nH]c2c1. The van der Waals surface area contributed by atoms with Gasteiger partial charge in [0.15, 0.2) is 0 Å². The van der Waals surface area contributed by atoms with Crippen molar-refractivity contribution in [2.45, 2.75) is 13.0 Å². The summed E-state index contributed by atoms with van der Waals surface area (Å²) in [7, 11) is 0. The van der Waals surface area contributed by atoms with Gasteiger partial charge in [-0.25, -0.2) is 4.98 Å². The summed E-state index contributed by atoms with van der Waals surface area (Å²) in [6.07, 6.45) is 0. The fraction of sp³-hybridized carbons (Fsp3) is 0.0800. The Labute approximate surface area is 188 Å². The van der Waals surface area contributed by atoms with E-state index in [1.165, 1.54) is 4.90 Å². The highest BCUT2D eigenvalue weighted by Crippen LogP contribution is 2.41. The van der Waals surface area contributed by atoms with Crippen molar-refractivity contribution in [1.29, 1.82) is 0 Å². The molecule has 1 amide bonds. The van der Waals surface area contributed by atoms with Gasteiger partial charge in [-0.2, -0.15) is 0 Å². The number of aryl methyl sites for hydroxylation is 1. The minimum Gasteiger partial charge on any atom is -0.507 e. The van der Waals surface area contributed by atoms with E-state index in [1.54, 1.807) is 24.3 Å². The number of rotatable bonds is 3. The number of aromatic amines is 1. The smallest absolute Gasteiger partial charge is 0.302 e. The summed E-state index contributed by atoms with van der Waals surface area (Å²) in [6.45, 7) is 1.96. The molecule has 3 aromatic carbocycles. The molecule has 1 saturated heterocycles. The highest BCUT2D eigenvalue weighted by molar-refractivity contribution is 6.51. The van der Waals surface area contributed by atoms with Crippen molar-refractivity contribution in [1.82, 2.24) is 9.97 Å². The third-order valence-electron chi connectivity index (χ3n) is 5.53. The predicted octanol–water partition coefficient (Wildman–Crippen LogP) is 5.15. The van der Waals surface area contributed by atoms with E-state index in [1.807, 2.05) is 55.5 Å². The second-order valence-electron chi connectivity index (χ2n) is 7.67. The molecule has 158 valence electrons. The number of H-pyrrole nitrogens is 1. The summed E-state index contributed by atoms with van der Waals surface area (Å²) >= 11 is 5.97. The van der Waals surface area contributed by atoms with Gasteiger partial charge < -0.3 is 10.1 Å². The number of hydrogen-bond acceptors (Lipinski definition) is 4. The van der Waals surface area contributed by atoms with Crippen LogP contribution < -0.4 is 4.90 Å². The van der Waals surface area contributed by atoms with E-state index in [0.717, 1.165) is 11.1 Å². The lowest BCUT2D eigenvalue weighted by molar-refractivity contribution is -0.132. The zero-order chi connectivity index (χ0) is 22.4. The van der Waals surface area contributed by atoms with Gasteiger partial charge in [0.2, 0.25) is 5.95 Å². The fourth-order valence-electron chi connectivity index (χ4n) is 3.99. The minimum atomic E-state index is -0.839. The number of nitrogens with zero attached hydrogens (tertiary/aromatic N) is 2. The Hall–Kier alpha value is -3.90. The Kier molecular flexibility index (Phi) is 4.79. The lowest BCUT2D eigenvalue weighted by Gasteiger charge is -2.23. The molecule has 5 rings (SSSR count). The summed E-state index contributed by atoms with van der Waals surface area (Å²) < 4.78 is 0. The first-order chi connectivity index (χ1) is 15.4. The van der Waals surface area contributed by atoms with Gasteiger partial charge >= 0.3 is 5.91 Å². The van der Waals surface area contributed by atoms with Gasteiger partial charge in [-0.1, -0.05) is 48.0 Å². The van der Waals surface area contributed by atoms with Crippen LogP contribution in [0, 0.1) is 6.92 Å². The number of carbonyl (C=O) groups excluding carboxylic acids is 2. The molecule has 1 aliphatic rings. The van der Waals surface area contributed by atoms with E-state index in [2.05, 4.69) is 9.97 Å². The number of nitrogens with one attached hydrogen (secondary N) is 1. The van der Waals surface area contributed by atoms with Gasteiger partial charge in [-0.15, -0.1) is 0 Å². The number of anilines is 1. The number of ketones is 1. The topological polar surface area (TPSA) is 86.3 Å². The van der Waals surface area contributed by atoms with E-state index >= 15 is 0 Å². The molecule has 32 heavy (non-hydrogen) atoms. The second kappa shape index (κ2) is 7.66. The molecule has 1 unspecified atom stereocenters. The van der Waals surface area contributed by atoms with Crippen LogP contribution in [-0.4, -0.2) is 26.8 Å². The van der Waals surface area contributed by atoms with Crippen molar-refractivity contribution in [2.24, 2.45) is 0 Å². The summed E-state index contributed by atoms with van der Waals surface area (Å²) in [4.78, 5) is 35.4. The average Bonchev–Trinajstić information content (AvgIpc) is 3.32. The van der Waals surface area contributed by atoms with Crippen molar-refractivity contribution < 1.29 is 14.7 Å². The molecule has 0 spiro atoms. The van der Waals surface area contributed by atoms with Gasteiger partial charge in [0, 0.05) is 10.6 Å². The number of fused-ring (bicyclic) bond motifs is 1. The van der Waals surface area contributed by atoms with Crippen molar-refractivity contribution in [2.75, 3.05) is 4.90 Å². The molecule has 7 heteroatoms. The van der Waals surface area contributed by atoms with Crippen LogP contribution in [0.15, 0.2) is 78.4 Å². The maximum Gasteiger partial charge on any atom is 0.302 e. The van der Waals surface area contributed by atoms with Crippen molar-refractivity contribution in [3.63, 3.8) is 0 Å². The van der Waals surface area contributed by atoms with Gasteiger partial charge in [-0.05, 0) is 54.4 Å². The molecule has 0 saturated carbocycles.